The molecule has 3 aromatic carbocycles. The van der Waals surface area contributed by atoms with Crippen LogP contribution in [0.2, 0.25) is 0 Å². The number of ether oxygens (including phenoxy) is 1. The molecule has 33 heavy (non-hydrogen) atoms. The summed E-state index contributed by atoms with van der Waals surface area (Å²) in [6, 6.07) is 19.8. The monoisotopic (exact) mass is 457 g/mol. The number of carbonyl (C=O) groups is 2. The van der Waals surface area contributed by atoms with E-state index in [1.807, 2.05) is 18.2 Å². The molecule has 0 radical (unpaired) electrons. The Morgan fingerprint density at radius 1 is 0.879 bits per heavy atom. The topological polar surface area (TPSA) is 75.6 Å². The zero-order chi connectivity index (χ0) is 23.8. The lowest BCUT2D eigenvalue weighted by Gasteiger charge is -2.18. The van der Waals surface area contributed by atoms with Crippen molar-refractivity contribution in [2.24, 2.45) is 0 Å². The first-order valence-corrected chi connectivity index (χ1v) is 10.2. The van der Waals surface area contributed by atoms with E-state index in [0.717, 1.165) is 12.1 Å². The summed E-state index contributed by atoms with van der Waals surface area (Å²) in [4.78, 5) is 23.8. The summed E-state index contributed by atoms with van der Waals surface area (Å²) < 4.78 is 44.0. The normalized spacial score (nSPS) is 12.1. The number of hydrogen-bond acceptors (Lipinski definition) is 3. The molecule has 1 atom stereocenters. The van der Waals surface area contributed by atoms with Crippen molar-refractivity contribution in [1.82, 2.24) is 5.32 Å². The van der Waals surface area contributed by atoms with Gasteiger partial charge in [0.2, 0.25) is 5.91 Å². The van der Waals surface area contributed by atoms with Gasteiger partial charge in [0.25, 0.3) is 0 Å². The molecule has 5 nitrogen and oxygen atoms in total. The molecule has 0 fully saturated rings. The molecule has 0 unspecified atom stereocenters. The fourth-order valence-electron chi connectivity index (χ4n) is 3.31. The van der Waals surface area contributed by atoms with Crippen molar-refractivity contribution in [1.29, 1.82) is 0 Å². The van der Waals surface area contributed by atoms with E-state index in [2.05, 4.69) is 5.32 Å². The van der Waals surface area contributed by atoms with Crippen LogP contribution in [-0.4, -0.2) is 23.0 Å². The van der Waals surface area contributed by atoms with E-state index in [4.69, 9.17) is 4.74 Å². The molecule has 0 saturated heterocycles. The Morgan fingerprint density at radius 3 is 2.18 bits per heavy atom. The molecule has 3 rings (SSSR count). The number of amides is 1. The SMILES string of the molecule is O=C(O)C[C@H](Cc1ccc(C(F)(F)F)cc1)NC(=O)Cc1cccc(Oc2ccccc2)c1. The van der Waals surface area contributed by atoms with Crippen LogP contribution >= 0.6 is 0 Å². The maximum absolute atomic E-state index is 12.7. The zero-order valence-corrected chi connectivity index (χ0v) is 17.5. The average Bonchev–Trinajstić information content (AvgIpc) is 2.74. The molecule has 2 N–H and O–H groups in total. The predicted molar refractivity (Wildman–Crippen MR) is 116 cm³/mol. The van der Waals surface area contributed by atoms with Crippen LogP contribution in [0.3, 0.4) is 0 Å². The molecule has 8 heteroatoms. The smallest absolute Gasteiger partial charge is 0.416 e. The third kappa shape index (κ3) is 7.68. The second kappa shape index (κ2) is 10.7. The Bertz CT molecular complexity index is 1080. The second-order valence-electron chi connectivity index (χ2n) is 7.50. The van der Waals surface area contributed by atoms with Crippen molar-refractivity contribution < 1.29 is 32.6 Å². The standard InChI is InChI=1S/C25H22F3NO4/c26-25(27,28)19-11-9-17(10-12-19)13-20(16-24(31)32)29-23(30)15-18-5-4-8-22(14-18)33-21-6-2-1-3-7-21/h1-12,14,20H,13,15-16H2,(H,29,30)(H,31,32)/t20-/m0/s1. The van der Waals surface area contributed by atoms with Crippen LogP contribution in [0, 0.1) is 0 Å². The Balaban J connectivity index is 1.63. The summed E-state index contributed by atoms with van der Waals surface area (Å²) in [5.74, 6) is -0.314. The van der Waals surface area contributed by atoms with Gasteiger partial charge in [0, 0.05) is 6.04 Å². The molecule has 1 amide bonds. The van der Waals surface area contributed by atoms with Crippen LogP contribution in [0.4, 0.5) is 13.2 Å². The molecular weight excluding hydrogens is 435 g/mol. The Kier molecular flexibility index (Phi) is 7.71. The minimum atomic E-state index is -4.45. The van der Waals surface area contributed by atoms with Gasteiger partial charge in [-0.2, -0.15) is 13.2 Å². The molecule has 0 aliphatic rings. The number of benzene rings is 3. The number of nitrogens with one attached hydrogen (secondary N) is 1. The lowest BCUT2D eigenvalue weighted by Crippen LogP contribution is -2.39. The molecule has 0 saturated carbocycles. The highest BCUT2D eigenvalue weighted by atomic mass is 19.4. The van der Waals surface area contributed by atoms with Crippen molar-refractivity contribution in [2.75, 3.05) is 0 Å². The van der Waals surface area contributed by atoms with E-state index >= 15 is 0 Å². The van der Waals surface area contributed by atoms with Crippen molar-refractivity contribution in [2.45, 2.75) is 31.5 Å². The van der Waals surface area contributed by atoms with Gasteiger partial charge in [-0.05, 0) is 53.9 Å². The third-order valence-corrected chi connectivity index (χ3v) is 4.79. The number of halogens is 3. The lowest BCUT2D eigenvalue weighted by molar-refractivity contribution is -0.138. The maximum atomic E-state index is 12.7. The number of alkyl halides is 3. The summed E-state index contributed by atoms with van der Waals surface area (Å²) in [7, 11) is 0. The van der Waals surface area contributed by atoms with Gasteiger partial charge in [-0.1, -0.05) is 42.5 Å². The third-order valence-electron chi connectivity index (χ3n) is 4.79. The van der Waals surface area contributed by atoms with Crippen molar-refractivity contribution in [3.05, 3.63) is 95.6 Å². The predicted octanol–water partition coefficient (Wildman–Crippen LogP) is 5.24. The zero-order valence-electron chi connectivity index (χ0n) is 17.5. The van der Waals surface area contributed by atoms with E-state index in [1.54, 1.807) is 36.4 Å². The van der Waals surface area contributed by atoms with Crippen molar-refractivity contribution >= 4 is 11.9 Å². The first kappa shape index (κ1) is 23.8. The van der Waals surface area contributed by atoms with E-state index in [-0.39, 0.29) is 19.3 Å². The van der Waals surface area contributed by atoms with Crippen molar-refractivity contribution in [3.8, 4) is 11.5 Å². The molecule has 0 aliphatic carbocycles. The minimum absolute atomic E-state index is 0.00484. The highest BCUT2D eigenvalue weighted by Gasteiger charge is 2.30. The van der Waals surface area contributed by atoms with Crippen LogP contribution in [0.15, 0.2) is 78.9 Å². The molecule has 0 bridgehead atoms. The van der Waals surface area contributed by atoms with Crippen LogP contribution < -0.4 is 10.1 Å². The first-order valence-electron chi connectivity index (χ1n) is 10.2. The average molecular weight is 457 g/mol. The Labute approximate surface area is 188 Å². The van der Waals surface area contributed by atoms with Crippen LogP contribution in [-0.2, 0) is 28.6 Å². The van der Waals surface area contributed by atoms with E-state index < -0.39 is 29.7 Å². The largest absolute Gasteiger partial charge is 0.481 e. The molecule has 0 heterocycles. The number of carboxylic acids is 1. The summed E-state index contributed by atoms with van der Waals surface area (Å²) in [5.41, 5.74) is 0.375. The molecule has 0 aliphatic heterocycles. The molecule has 0 aromatic heterocycles. The summed E-state index contributed by atoms with van der Waals surface area (Å²) in [5, 5.41) is 11.9. The highest BCUT2D eigenvalue weighted by molar-refractivity contribution is 5.80. The number of carboxylic acid groups (broad SMARTS) is 1. The number of rotatable bonds is 9. The summed E-state index contributed by atoms with van der Waals surface area (Å²) >= 11 is 0. The molecular formula is C25H22F3NO4. The van der Waals surface area contributed by atoms with Crippen LogP contribution in [0.5, 0.6) is 11.5 Å². The molecule has 172 valence electrons. The van der Waals surface area contributed by atoms with Gasteiger partial charge in [-0.15, -0.1) is 0 Å². The lowest BCUT2D eigenvalue weighted by atomic mass is 10.0. The molecule has 3 aromatic rings. The van der Waals surface area contributed by atoms with Gasteiger partial charge in [0.15, 0.2) is 0 Å². The van der Waals surface area contributed by atoms with E-state index in [1.165, 1.54) is 12.1 Å². The Hall–Kier alpha value is -3.81. The molecule has 0 spiro atoms. The minimum Gasteiger partial charge on any atom is -0.481 e. The quantitative estimate of drug-likeness (QED) is 0.461. The highest BCUT2D eigenvalue weighted by Crippen LogP contribution is 2.29. The fraction of sp³-hybridized carbons (Fsp3) is 0.200. The first-order chi connectivity index (χ1) is 15.7. The number of para-hydroxylation sites is 1. The van der Waals surface area contributed by atoms with Gasteiger partial charge >= 0.3 is 12.1 Å². The van der Waals surface area contributed by atoms with Gasteiger partial charge in [-0.3, -0.25) is 9.59 Å². The van der Waals surface area contributed by atoms with Crippen molar-refractivity contribution in [3.63, 3.8) is 0 Å². The van der Waals surface area contributed by atoms with Crippen LogP contribution in [0.1, 0.15) is 23.1 Å². The summed E-state index contributed by atoms with van der Waals surface area (Å²) in [6.45, 7) is 0. The van der Waals surface area contributed by atoms with Gasteiger partial charge < -0.3 is 15.2 Å². The Morgan fingerprint density at radius 2 is 1.55 bits per heavy atom. The maximum Gasteiger partial charge on any atom is 0.416 e. The van der Waals surface area contributed by atoms with E-state index in [0.29, 0.717) is 22.6 Å². The fourth-order valence-corrected chi connectivity index (χ4v) is 3.31. The number of aliphatic carboxylic acids is 1. The van der Waals surface area contributed by atoms with E-state index in [9.17, 15) is 27.9 Å². The number of hydrogen-bond donors (Lipinski definition) is 2. The number of carbonyl (C=O) groups excluding carboxylic acids is 1. The van der Waals surface area contributed by atoms with Crippen LogP contribution in [0.25, 0.3) is 0 Å². The van der Waals surface area contributed by atoms with Gasteiger partial charge in [-0.25, -0.2) is 0 Å². The van der Waals surface area contributed by atoms with Gasteiger partial charge in [0.05, 0.1) is 18.4 Å². The van der Waals surface area contributed by atoms with Gasteiger partial charge in [0.1, 0.15) is 11.5 Å². The summed E-state index contributed by atoms with van der Waals surface area (Å²) in [6.07, 6.45) is -4.72. The second-order valence-corrected chi connectivity index (χ2v) is 7.50.